The smallest absolute Gasteiger partial charge is 0.404 e. The summed E-state index contributed by atoms with van der Waals surface area (Å²) in [6, 6.07) is 6.40. The second-order valence-corrected chi connectivity index (χ2v) is 2.96. The summed E-state index contributed by atoms with van der Waals surface area (Å²) in [7, 11) is 0. The van der Waals surface area contributed by atoms with Crippen LogP contribution in [0.3, 0.4) is 0 Å². The molecular formula is C10H14N2O3. The van der Waals surface area contributed by atoms with Crippen molar-refractivity contribution < 1.29 is 17.4 Å². The van der Waals surface area contributed by atoms with Gasteiger partial charge in [0, 0.05) is 12.1 Å². The molecule has 0 saturated heterocycles. The Balaban J connectivity index is 2.71. The lowest BCUT2D eigenvalue weighted by Gasteiger charge is -2.10. The Bertz CT molecular complexity index is 412. The van der Waals surface area contributed by atoms with Crippen LogP contribution in [0.2, 0.25) is 0 Å². The Morgan fingerprint density at radius 3 is 3.00 bits per heavy atom. The molecule has 0 aliphatic rings. The van der Waals surface area contributed by atoms with Crippen molar-refractivity contribution in [3.05, 3.63) is 29.8 Å². The number of aliphatic hydroxyl groups excluding tert-OH is 1. The first-order chi connectivity index (χ1) is 7.80. The highest BCUT2D eigenvalue weighted by Crippen LogP contribution is 2.18. The zero-order chi connectivity index (χ0) is 13.1. The highest BCUT2D eigenvalue weighted by Gasteiger charge is 2.08. The first-order valence-electron chi connectivity index (χ1n) is 5.32. The number of hydrogen-bond acceptors (Lipinski definition) is 4. The highest BCUT2D eigenvalue weighted by molar-refractivity contribution is 5.64. The van der Waals surface area contributed by atoms with Gasteiger partial charge in [0.2, 0.25) is 0 Å². The zero-order valence-electron chi connectivity index (χ0n) is 10.0. The summed E-state index contributed by atoms with van der Waals surface area (Å²) >= 11 is 0. The van der Waals surface area contributed by atoms with Gasteiger partial charge in [-0.3, -0.25) is 0 Å². The molecular weight excluding hydrogens is 196 g/mol. The Kier molecular flexibility index (Phi) is 2.97. The monoisotopic (exact) mass is 212 g/mol. The molecule has 5 nitrogen and oxygen atoms in total. The van der Waals surface area contributed by atoms with E-state index in [1.54, 1.807) is 18.2 Å². The first-order valence-corrected chi connectivity index (χ1v) is 4.32. The Morgan fingerprint density at radius 2 is 2.40 bits per heavy atom. The average molecular weight is 212 g/mol. The summed E-state index contributed by atoms with van der Waals surface area (Å²) in [6.07, 6.45) is -2.78. The number of nitrogens with two attached hydrogens (primary N) is 2. The van der Waals surface area contributed by atoms with Crippen LogP contribution in [0.15, 0.2) is 24.3 Å². The topological polar surface area (TPSA) is 98.6 Å². The van der Waals surface area contributed by atoms with Crippen LogP contribution in [-0.2, 0) is 4.74 Å². The molecule has 1 rings (SSSR count). The van der Waals surface area contributed by atoms with Crippen molar-refractivity contribution in [1.29, 1.82) is 0 Å². The van der Waals surface area contributed by atoms with E-state index in [1.165, 1.54) is 6.07 Å². The minimum Gasteiger partial charge on any atom is -0.450 e. The van der Waals surface area contributed by atoms with Crippen LogP contribution < -0.4 is 11.5 Å². The summed E-state index contributed by atoms with van der Waals surface area (Å²) in [6.45, 7) is -2.32. The maximum atomic E-state index is 10.4. The molecule has 82 valence electrons. The quantitative estimate of drug-likeness (QED) is 0.642. The van der Waals surface area contributed by atoms with Gasteiger partial charge >= 0.3 is 6.09 Å². The lowest BCUT2D eigenvalue weighted by atomic mass is 10.1. The van der Waals surface area contributed by atoms with E-state index in [4.69, 9.17) is 14.2 Å². The van der Waals surface area contributed by atoms with Crippen molar-refractivity contribution in [2.75, 3.05) is 12.3 Å². The number of rotatable bonds is 4. The fraction of sp³-hybridized carbons (Fsp3) is 0.300. The molecule has 15 heavy (non-hydrogen) atoms. The Hall–Kier alpha value is -1.75. The molecule has 1 atom stereocenters. The number of nitrogen functional groups attached to an aromatic ring is 1. The molecule has 0 fully saturated rings. The van der Waals surface area contributed by atoms with Crippen LogP contribution in [0, 0.1) is 0 Å². The molecule has 0 bridgehead atoms. The van der Waals surface area contributed by atoms with Gasteiger partial charge in [-0.2, -0.15) is 0 Å². The number of benzene rings is 1. The summed E-state index contributed by atoms with van der Waals surface area (Å²) in [5.41, 5.74) is 11.1. The second kappa shape index (κ2) is 5.21. The van der Waals surface area contributed by atoms with E-state index < -0.39 is 25.2 Å². The molecule has 0 radical (unpaired) electrons. The van der Waals surface area contributed by atoms with Gasteiger partial charge < -0.3 is 21.3 Å². The summed E-state index contributed by atoms with van der Waals surface area (Å²) in [4.78, 5) is 10.4. The largest absolute Gasteiger partial charge is 0.450 e. The van der Waals surface area contributed by atoms with Crippen molar-refractivity contribution >= 4 is 11.8 Å². The zero-order valence-corrected chi connectivity index (χ0v) is 8.01. The minimum atomic E-state index is -2.32. The van der Waals surface area contributed by atoms with Gasteiger partial charge in [0.1, 0.15) is 0 Å². The molecule has 0 aliphatic carbocycles. The van der Waals surface area contributed by atoms with Crippen molar-refractivity contribution in [2.45, 2.75) is 12.5 Å². The van der Waals surface area contributed by atoms with Crippen molar-refractivity contribution in [1.82, 2.24) is 0 Å². The van der Waals surface area contributed by atoms with Crippen LogP contribution in [0.5, 0.6) is 0 Å². The van der Waals surface area contributed by atoms with Gasteiger partial charge in [-0.05, 0) is 17.7 Å². The predicted octanol–water partition coefficient (Wildman–Crippen LogP) is 0.788. The molecule has 1 unspecified atom stereocenters. The number of aliphatic hydroxyl groups is 1. The van der Waals surface area contributed by atoms with Gasteiger partial charge in [-0.25, -0.2) is 4.79 Å². The number of carbonyl (C=O) groups excluding carboxylic acids is 1. The summed E-state index contributed by atoms with van der Waals surface area (Å²) < 4.78 is 18.9. The molecule has 1 amide bonds. The van der Waals surface area contributed by atoms with Gasteiger partial charge in [-0.1, -0.05) is 12.1 Å². The fourth-order valence-corrected chi connectivity index (χ4v) is 1.08. The maximum absolute atomic E-state index is 10.4. The average Bonchev–Trinajstić information content (AvgIpc) is 2.14. The number of carbonyl (C=O) groups is 1. The van der Waals surface area contributed by atoms with E-state index in [0.717, 1.165) is 0 Å². The lowest BCUT2D eigenvalue weighted by molar-refractivity contribution is 0.111. The third kappa shape index (κ3) is 3.86. The van der Waals surface area contributed by atoms with Crippen LogP contribution in [0.1, 0.15) is 20.8 Å². The number of hydrogen-bond donors (Lipinski definition) is 3. The number of ether oxygens (including phenoxy) is 1. The predicted molar refractivity (Wildman–Crippen MR) is 56.0 cm³/mol. The van der Waals surface area contributed by atoms with Crippen LogP contribution >= 0.6 is 0 Å². The van der Waals surface area contributed by atoms with E-state index >= 15 is 0 Å². The third-order valence-corrected chi connectivity index (χ3v) is 1.74. The standard InChI is InChI=1S/C10H14N2O3/c11-8-3-1-2-7(6-8)9(13)4-5-15-10(12)14/h1-3,6,9,13H,4-5,11H2,(H2,12,14)/i5D2. The molecule has 0 heterocycles. The van der Waals surface area contributed by atoms with Crippen molar-refractivity contribution in [3.8, 4) is 0 Å². The molecule has 5 N–H and O–H groups in total. The number of anilines is 1. The first kappa shape index (κ1) is 8.55. The SMILES string of the molecule is [2H]C([2H])(CC(O)c1cccc(N)c1)OC(N)=O. The van der Waals surface area contributed by atoms with E-state index in [2.05, 4.69) is 4.74 Å². The Labute approximate surface area is 90.5 Å². The van der Waals surface area contributed by atoms with Crippen molar-refractivity contribution in [2.24, 2.45) is 5.73 Å². The summed E-state index contributed by atoms with van der Waals surface area (Å²) in [5, 5.41) is 9.77. The van der Waals surface area contributed by atoms with Crippen LogP contribution in [0.25, 0.3) is 0 Å². The van der Waals surface area contributed by atoms with Gasteiger partial charge in [0.25, 0.3) is 0 Å². The van der Waals surface area contributed by atoms with E-state index in [1.807, 2.05) is 0 Å². The van der Waals surface area contributed by atoms with E-state index in [-0.39, 0.29) is 0 Å². The molecule has 5 heteroatoms. The van der Waals surface area contributed by atoms with E-state index in [0.29, 0.717) is 11.3 Å². The third-order valence-electron chi connectivity index (χ3n) is 1.74. The fourth-order valence-electron chi connectivity index (χ4n) is 1.08. The molecule has 0 spiro atoms. The molecule has 0 aliphatic heterocycles. The molecule has 1 aromatic rings. The molecule has 0 saturated carbocycles. The number of amides is 1. The maximum Gasteiger partial charge on any atom is 0.404 e. The number of primary amides is 1. The normalized spacial score (nSPS) is 15.0. The lowest BCUT2D eigenvalue weighted by Crippen LogP contribution is -2.15. The van der Waals surface area contributed by atoms with Crippen LogP contribution in [-0.4, -0.2) is 17.8 Å². The minimum absolute atomic E-state index is 0.417. The van der Waals surface area contributed by atoms with E-state index in [9.17, 15) is 9.90 Å². The molecule has 1 aromatic carbocycles. The van der Waals surface area contributed by atoms with Gasteiger partial charge in [0.15, 0.2) is 0 Å². The second-order valence-electron chi connectivity index (χ2n) is 2.96. The molecule has 0 aromatic heterocycles. The Morgan fingerprint density at radius 1 is 1.67 bits per heavy atom. The van der Waals surface area contributed by atoms with Crippen LogP contribution in [0.4, 0.5) is 10.5 Å². The van der Waals surface area contributed by atoms with Gasteiger partial charge in [0.05, 0.1) is 15.4 Å². The highest BCUT2D eigenvalue weighted by atomic mass is 16.5. The van der Waals surface area contributed by atoms with Gasteiger partial charge in [-0.15, -0.1) is 0 Å². The van der Waals surface area contributed by atoms with Crippen molar-refractivity contribution in [3.63, 3.8) is 0 Å². The summed E-state index contributed by atoms with van der Waals surface area (Å²) in [5.74, 6) is 0.